The Kier molecular flexibility index (Phi) is 6.26. The summed E-state index contributed by atoms with van der Waals surface area (Å²) in [7, 11) is 0. The Labute approximate surface area is 183 Å². The summed E-state index contributed by atoms with van der Waals surface area (Å²) in [6.45, 7) is 5.93. The van der Waals surface area contributed by atoms with Gasteiger partial charge in [0, 0.05) is 55.1 Å². The third-order valence-corrected chi connectivity index (χ3v) is 6.31. The van der Waals surface area contributed by atoms with E-state index in [1.165, 1.54) is 11.3 Å². The summed E-state index contributed by atoms with van der Waals surface area (Å²) in [5.41, 5.74) is 4.40. The number of carboxylic acids is 1. The standard InChI is InChI=1S/C25H29N3O3/c1-18-6-2-5-9-23(18)28-16-14-27(15-17-28)20-12-10-19(11-13-20)26-24(29)21-7-3-4-8-22(21)25(30)31/h2-6,9-13,21-22H,7-8,14-17H2,1H3,(H,26,29)(H,30,31)/p-1/t21-,22-/m0/s1. The van der Waals surface area contributed by atoms with Crippen LogP contribution in [0.3, 0.4) is 0 Å². The second kappa shape index (κ2) is 9.25. The molecule has 1 N–H and O–H groups in total. The number of piperazine rings is 1. The number of nitrogens with zero attached hydrogens (tertiary/aromatic N) is 2. The van der Waals surface area contributed by atoms with Crippen molar-refractivity contribution in [3.63, 3.8) is 0 Å². The van der Waals surface area contributed by atoms with E-state index >= 15 is 0 Å². The van der Waals surface area contributed by atoms with Gasteiger partial charge in [-0.1, -0.05) is 30.4 Å². The number of hydrogen-bond acceptors (Lipinski definition) is 5. The molecule has 6 nitrogen and oxygen atoms in total. The number of aryl methyl sites for hydroxylation is 1. The summed E-state index contributed by atoms with van der Waals surface area (Å²) in [5.74, 6) is -2.79. The van der Waals surface area contributed by atoms with Gasteiger partial charge in [0.25, 0.3) is 0 Å². The van der Waals surface area contributed by atoms with E-state index in [0.29, 0.717) is 18.5 Å². The monoisotopic (exact) mass is 418 g/mol. The Hall–Kier alpha value is -3.28. The summed E-state index contributed by atoms with van der Waals surface area (Å²) < 4.78 is 0. The third-order valence-electron chi connectivity index (χ3n) is 6.31. The van der Waals surface area contributed by atoms with Crippen molar-refractivity contribution in [2.45, 2.75) is 19.8 Å². The van der Waals surface area contributed by atoms with Crippen molar-refractivity contribution >= 4 is 28.9 Å². The highest BCUT2D eigenvalue weighted by Crippen LogP contribution is 2.28. The Morgan fingerprint density at radius 3 is 2.13 bits per heavy atom. The van der Waals surface area contributed by atoms with Crippen molar-refractivity contribution in [1.82, 2.24) is 0 Å². The zero-order chi connectivity index (χ0) is 21.8. The van der Waals surface area contributed by atoms with Gasteiger partial charge in [0.2, 0.25) is 5.91 Å². The van der Waals surface area contributed by atoms with E-state index in [1.807, 2.05) is 30.3 Å². The van der Waals surface area contributed by atoms with Crippen LogP contribution in [0.2, 0.25) is 0 Å². The van der Waals surface area contributed by atoms with Gasteiger partial charge in [-0.2, -0.15) is 0 Å². The number of nitrogens with one attached hydrogen (secondary N) is 1. The molecule has 1 saturated heterocycles. The molecular formula is C25H28N3O3-. The molecule has 0 radical (unpaired) electrons. The van der Waals surface area contributed by atoms with Gasteiger partial charge in [-0.15, -0.1) is 0 Å². The van der Waals surface area contributed by atoms with E-state index in [4.69, 9.17) is 0 Å². The predicted molar refractivity (Wildman–Crippen MR) is 121 cm³/mol. The van der Waals surface area contributed by atoms with Crippen LogP contribution in [-0.4, -0.2) is 38.1 Å². The van der Waals surface area contributed by atoms with Crippen LogP contribution < -0.4 is 20.2 Å². The highest BCUT2D eigenvalue weighted by Gasteiger charge is 2.29. The lowest BCUT2D eigenvalue weighted by atomic mass is 9.82. The fraction of sp³-hybridized carbons (Fsp3) is 0.360. The molecule has 0 unspecified atom stereocenters. The Morgan fingerprint density at radius 2 is 1.48 bits per heavy atom. The number of amides is 1. The molecule has 1 heterocycles. The first-order chi connectivity index (χ1) is 15.0. The van der Waals surface area contributed by atoms with Crippen LogP contribution in [0.25, 0.3) is 0 Å². The first-order valence-electron chi connectivity index (χ1n) is 10.9. The molecular weight excluding hydrogens is 390 g/mol. The number of rotatable bonds is 5. The van der Waals surface area contributed by atoms with Gasteiger partial charge in [0.05, 0.1) is 5.92 Å². The second-order valence-electron chi connectivity index (χ2n) is 8.27. The van der Waals surface area contributed by atoms with Crippen LogP contribution in [0.1, 0.15) is 18.4 Å². The van der Waals surface area contributed by atoms with Gasteiger partial charge in [-0.25, -0.2) is 0 Å². The van der Waals surface area contributed by atoms with E-state index in [-0.39, 0.29) is 5.91 Å². The van der Waals surface area contributed by atoms with Crippen molar-refractivity contribution < 1.29 is 14.7 Å². The van der Waals surface area contributed by atoms with Crippen LogP contribution in [0.4, 0.5) is 17.1 Å². The molecule has 162 valence electrons. The Bertz CT molecular complexity index is 962. The van der Waals surface area contributed by atoms with Crippen molar-refractivity contribution in [2.75, 3.05) is 41.3 Å². The van der Waals surface area contributed by atoms with E-state index in [1.54, 1.807) is 6.08 Å². The summed E-state index contributed by atoms with van der Waals surface area (Å²) >= 11 is 0. The minimum absolute atomic E-state index is 0.266. The summed E-state index contributed by atoms with van der Waals surface area (Å²) in [5, 5.41) is 14.2. The number of carbonyl (C=O) groups is 2. The Morgan fingerprint density at radius 1 is 0.871 bits per heavy atom. The SMILES string of the molecule is Cc1ccccc1N1CCN(c2ccc(NC(=O)[C@H]3CC=CC[C@@H]3C(=O)[O-])cc2)CC1. The van der Waals surface area contributed by atoms with Gasteiger partial charge < -0.3 is 25.0 Å². The van der Waals surface area contributed by atoms with Gasteiger partial charge >= 0.3 is 0 Å². The molecule has 2 aromatic carbocycles. The minimum Gasteiger partial charge on any atom is -0.550 e. The van der Waals surface area contributed by atoms with Crippen LogP contribution in [0.15, 0.2) is 60.7 Å². The van der Waals surface area contributed by atoms with E-state index in [0.717, 1.165) is 31.9 Å². The average molecular weight is 419 g/mol. The molecule has 0 bridgehead atoms. The molecule has 0 spiro atoms. The van der Waals surface area contributed by atoms with Crippen molar-refractivity contribution in [3.05, 3.63) is 66.2 Å². The topological polar surface area (TPSA) is 75.7 Å². The van der Waals surface area contributed by atoms with E-state index in [9.17, 15) is 14.7 Å². The van der Waals surface area contributed by atoms with E-state index in [2.05, 4.69) is 46.3 Å². The number of para-hydroxylation sites is 1. The first-order valence-corrected chi connectivity index (χ1v) is 10.9. The molecule has 1 aliphatic heterocycles. The fourth-order valence-electron chi connectivity index (χ4n) is 4.48. The molecule has 0 saturated carbocycles. The zero-order valence-electron chi connectivity index (χ0n) is 17.8. The second-order valence-corrected chi connectivity index (χ2v) is 8.27. The van der Waals surface area contributed by atoms with Crippen LogP contribution >= 0.6 is 0 Å². The van der Waals surface area contributed by atoms with Crippen LogP contribution in [0, 0.1) is 18.8 Å². The number of anilines is 3. The maximum Gasteiger partial charge on any atom is 0.228 e. The number of benzene rings is 2. The summed E-state index contributed by atoms with van der Waals surface area (Å²) in [4.78, 5) is 28.7. The van der Waals surface area contributed by atoms with Crippen LogP contribution in [0.5, 0.6) is 0 Å². The van der Waals surface area contributed by atoms with Crippen molar-refractivity contribution in [1.29, 1.82) is 0 Å². The maximum absolute atomic E-state index is 12.6. The quantitative estimate of drug-likeness (QED) is 0.756. The molecule has 2 atom stereocenters. The van der Waals surface area contributed by atoms with Gasteiger partial charge in [0.15, 0.2) is 0 Å². The number of carbonyl (C=O) groups excluding carboxylic acids is 2. The number of hydrogen-bond donors (Lipinski definition) is 1. The van der Waals surface area contributed by atoms with Gasteiger partial charge in [-0.3, -0.25) is 4.79 Å². The largest absolute Gasteiger partial charge is 0.550 e. The third kappa shape index (κ3) is 4.74. The number of carboxylic acid groups (broad SMARTS) is 1. The molecule has 6 heteroatoms. The molecule has 2 aromatic rings. The first kappa shape index (κ1) is 21.0. The lowest BCUT2D eigenvalue weighted by Crippen LogP contribution is -2.46. The normalized spacial score (nSPS) is 21.1. The molecule has 4 rings (SSSR count). The molecule has 1 aliphatic carbocycles. The van der Waals surface area contributed by atoms with Crippen LogP contribution in [-0.2, 0) is 9.59 Å². The highest BCUT2D eigenvalue weighted by molar-refractivity contribution is 5.95. The average Bonchev–Trinajstić information content (AvgIpc) is 2.80. The summed E-state index contributed by atoms with van der Waals surface area (Å²) in [6, 6.07) is 16.3. The van der Waals surface area contributed by atoms with Gasteiger partial charge in [-0.05, 0) is 55.7 Å². The molecule has 0 aromatic heterocycles. The highest BCUT2D eigenvalue weighted by atomic mass is 16.4. The molecule has 31 heavy (non-hydrogen) atoms. The predicted octanol–water partition coefficient (Wildman–Crippen LogP) is 2.59. The number of aliphatic carboxylic acids is 1. The lowest BCUT2D eigenvalue weighted by molar-refractivity contribution is -0.313. The van der Waals surface area contributed by atoms with Gasteiger partial charge in [0.1, 0.15) is 0 Å². The smallest absolute Gasteiger partial charge is 0.228 e. The molecule has 1 amide bonds. The molecule has 2 aliphatic rings. The Balaban J connectivity index is 1.34. The summed E-state index contributed by atoms with van der Waals surface area (Å²) in [6.07, 6.45) is 4.43. The maximum atomic E-state index is 12.6. The minimum atomic E-state index is -1.16. The molecule has 1 fully saturated rings. The van der Waals surface area contributed by atoms with Crippen molar-refractivity contribution in [2.24, 2.45) is 11.8 Å². The fourth-order valence-corrected chi connectivity index (χ4v) is 4.48. The van der Waals surface area contributed by atoms with Crippen molar-refractivity contribution in [3.8, 4) is 0 Å². The lowest BCUT2D eigenvalue weighted by Gasteiger charge is -2.38. The number of allylic oxidation sites excluding steroid dienone is 2. The van der Waals surface area contributed by atoms with E-state index < -0.39 is 17.8 Å². The zero-order valence-corrected chi connectivity index (χ0v) is 17.8.